The molecule has 0 fully saturated rings. The van der Waals surface area contributed by atoms with Crippen LogP contribution in [0.15, 0.2) is 30.5 Å². The molecule has 4 N–H and O–H groups in total. The van der Waals surface area contributed by atoms with Crippen molar-refractivity contribution in [3.8, 4) is 0 Å². The Hall–Kier alpha value is -3.93. The van der Waals surface area contributed by atoms with Gasteiger partial charge in [0.25, 0.3) is 11.8 Å². The average molecular weight is 544 g/mol. The number of alkyl carbamates (subject to hydrolysis) is 1. The lowest BCUT2D eigenvalue weighted by Crippen LogP contribution is -2.49. The molecule has 0 aliphatic heterocycles. The zero-order valence-corrected chi connectivity index (χ0v) is 23.1. The van der Waals surface area contributed by atoms with Gasteiger partial charge in [-0.2, -0.15) is 5.10 Å². The van der Waals surface area contributed by atoms with E-state index in [-0.39, 0.29) is 24.9 Å². The van der Waals surface area contributed by atoms with E-state index in [2.05, 4.69) is 26.1 Å². The Morgan fingerprint density at radius 1 is 1.11 bits per heavy atom. The number of amides is 3. The molecule has 3 aromatic rings. The van der Waals surface area contributed by atoms with Crippen LogP contribution in [0, 0.1) is 0 Å². The summed E-state index contributed by atoms with van der Waals surface area (Å²) in [4.78, 5) is 51.2. The first kappa shape index (κ1) is 28.6. The van der Waals surface area contributed by atoms with Gasteiger partial charge in [-0.05, 0) is 49.9 Å². The Kier molecular flexibility index (Phi) is 9.10. The van der Waals surface area contributed by atoms with E-state index in [9.17, 15) is 19.2 Å². The van der Waals surface area contributed by atoms with Crippen molar-refractivity contribution >= 4 is 46.1 Å². The third-order valence-corrected chi connectivity index (χ3v) is 6.62. The fourth-order valence-corrected chi connectivity index (χ4v) is 4.76. The lowest BCUT2D eigenvalue weighted by molar-refractivity contribution is -0.142. The number of carbonyl (C=O) groups is 4. The number of nitrogens with one attached hydrogen (secondary N) is 4. The highest BCUT2D eigenvalue weighted by atomic mass is 32.1. The second kappa shape index (κ2) is 12.1. The summed E-state index contributed by atoms with van der Waals surface area (Å²) < 4.78 is 9.97. The summed E-state index contributed by atoms with van der Waals surface area (Å²) in [7, 11) is 1.19. The highest BCUT2D eigenvalue weighted by molar-refractivity contribution is 7.16. The quantitative estimate of drug-likeness (QED) is 0.302. The summed E-state index contributed by atoms with van der Waals surface area (Å²) in [5, 5.41) is 15.8. The van der Waals surface area contributed by atoms with Gasteiger partial charge in [-0.1, -0.05) is 26.0 Å². The average Bonchev–Trinajstić information content (AvgIpc) is 3.51. The van der Waals surface area contributed by atoms with E-state index in [1.807, 2.05) is 32.0 Å². The number of nitrogens with zero attached hydrogens (tertiary/aromatic N) is 1. The number of benzene rings is 1. The number of hydrogen-bond donors (Lipinski definition) is 4. The van der Waals surface area contributed by atoms with Crippen molar-refractivity contribution in [2.24, 2.45) is 0 Å². The van der Waals surface area contributed by atoms with Gasteiger partial charge in [0.05, 0.1) is 35.1 Å². The molecule has 0 unspecified atom stereocenters. The molecule has 3 rings (SSSR count). The van der Waals surface area contributed by atoms with E-state index in [1.165, 1.54) is 7.11 Å². The zero-order valence-electron chi connectivity index (χ0n) is 22.3. The molecule has 2 heterocycles. The molecule has 0 aliphatic carbocycles. The second-order valence-corrected chi connectivity index (χ2v) is 11.0. The third kappa shape index (κ3) is 7.31. The van der Waals surface area contributed by atoms with Crippen LogP contribution in [0.5, 0.6) is 0 Å². The van der Waals surface area contributed by atoms with E-state index in [0.717, 1.165) is 27.8 Å². The molecule has 3 amide bonds. The molecular formula is C26H33N5O6S. The number of ether oxygens (including phenoxy) is 2. The number of methoxy groups -OCH3 is 1. The van der Waals surface area contributed by atoms with E-state index in [0.29, 0.717) is 15.3 Å². The van der Waals surface area contributed by atoms with Gasteiger partial charge in [-0.15, -0.1) is 11.3 Å². The molecule has 1 atom stereocenters. The Balaban J connectivity index is 1.72. The van der Waals surface area contributed by atoms with Crippen LogP contribution in [-0.4, -0.2) is 59.4 Å². The fraction of sp³-hybridized carbons (Fsp3) is 0.423. The van der Waals surface area contributed by atoms with Crippen LogP contribution in [0.4, 0.5) is 4.79 Å². The van der Waals surface area contributed by atoms with Crippen LogP contribution < -0.4 is 16.0 Å². The van der Waals surface area contributed by atoms with E-state index >= 15 is 0 Å². The molecule has 11 nitrogen and oxygen atoms in total. The van der Waals surface area contributed by atoms with Crippen LogP contribution in [0.1, 0.15) is 71.0 Å². The Morgan fingerprint density at radius 2 is 1.84 bits per heavy atom. The third-order valence-electron chi connectivity index (χ3n) is 5.47. The number of esters is 1. The van der Waals surface area contributed by atoms with Gasteiger partial charge in [0.1, 0.15) is 11.6 Å². The maximum absolute atomic E-state index is 13.2. The lowest BCUT2D eigenvalue weighted by Gasteiger charge is -2.21. The van der Waals surface area contributed by atoms with Crippen LogP contribution in [0.3, 0.4) is 0 Å². The van der Waals surface area contributed by atoms with Gasteiger partial charge in [-0.25, -0.2) is 9.59 Å². The topological polar surface area (TPSA) is 152 Å². The van der Waals surface area contributed by atoms with Gasteiger partial charge in [0, 0.05) is 11.9 Å². The van der Waals surface area contributed by atoms with Crippen molar-refractivity contribution in [2.75, 3.05) is 13.7 Å². The molecule has 1 aromatic carbocycles. The largest absolute Gasteiger partial charge is 0.467 e. The monoisotopic (exact) mass is 543 g/mol. The first-order valence-electron chi connectivity index (χ1n) is 12.1. The molecule has 12 heteroatoms. The number of H-pyrrole nitrogens is 1. The van der Waals surface area contributed by atoms with E-state index < -0.39 is 29.6 Å². The molecule has 0 saturated heterocycles. The SMILES string of the molecule is COC(=O)[C@H](CNC(=O)OC(C)(C)C)NC(=O)c1sc(C(=O)NCc2cccc3[nH]ncc23)cc1C(C)C. The predicted molar refractivity (Wildman–Crippen MR) is 143 cm³/mol. The molecule has 0 saturated carbocycles. The van der Waals surface area contributed by atoms with E-state index in [1.54, 1.807) is 33.0 Å². The van der Waals surface area contributed by atoms with Crippen molar-refractivity contribution in [3.63, 3.8) is 0 Å². The fourth-order valence-electron chi connectivity index (χ4n) is 3.63. The van der Waals surface area contributed by atoms with Gasteiger partial charge in [0.2, 0.25) is 0 Å². The lowest BCUT2D eigenvalue weighted by atomic mass is 10.0. The first-order chi connectivity index (χ1) is 17.9. The number of fused-ring (bicyclic) bond motifs is 1. The molecule has 38 heavy (non-hydrogen) atoms. The summed E-state index contributed by atoms with van der Waals surface area (Å²) in [6.45, 7) is 8.99. The maximum Gasteiger partial charge on any atom is 0.407 e. The van der Waals surface area contributed by atoms with Crippen molar-refractivity contribution in [2.45, 2.75) is 58.7 Å². The normalized spacial score (nSPS) is 12.2. The second-order valence-electron chi connectivity index (χ2n) is 9.91. The predicted octanol–water partition coefficient (Wildman–Crippen LogP) is 3.47. The number of carbonyl (C=O) groups excluding carboxylic acids is 4. The molecule has 0 aliphatic rings. The minimum absolute atomic E-state index is 0.0651. The molecule has 2 aromatic heterocycles. The Labute approximate surface area is 224 Å². The van der Waals surface area contributed by atoms with Crippen molar-refractivity contribution in [1.29, 1.82) is 0 Å². The smallest absolute Gasteiger partial charge is 0.407 e. The number of hydrogen-bond acceptors (Lipinski definition) is 8. The Bertz CT molecular complexity index is 1320. The minimum atomic E-state index is -1.16. The summed E-state index contributed by atoms with van der Waals surface area (Å²) in [6.07, 6.45) is 0.973. The maximum atomic E-state index is 13.2. The number of aromatic amines is 1. The van der Waals surface area contributed by atoms with Gasteiger partial charge in [-0.3, -0.25) is 14.7 Å². The van der Waals surface area contributed by atoms with Crippen LogP contribution in [0.25, 0.3) is 10.9 Å². The minimum Gasteiger partial charge on any atom is -0.467 e. The summed E-state index contributed by atoms with van der Waals surface area (Å²) in [5.74, 6) is -1.68. The first-order valence-corrected chi connectivity index (χ1v) is 12.9. The van der Waals surface area contributed by atoms with Gasteiger partial charge in [0.15, 0.2) is 0 Å². The highest BCUT2D eigenvalue weighted by Gasteiger charge is 2.28. The number of thiophene rings is 1. The number of aromatic nitrogens is 2. The van der Waals surface area contributed by atoms with E-state index in [4.69, 9.17) is 9.47 Å². The standard InChI is InChI=1S/C26H33N5O6S/c1-14(2)16-10-20(22(32)27-11-15-8-7-9-18-17(15)12-29-31-18)38-21(16)23(33)30-19(24(34)36-6)13-28-25(35)37-26(3,4)5/h7-10,12,14,19H,11,13H2,1-6H3,(H,27,32)(H,28,35)(H,29,31)(H,30,33)/t19-/m0/s1. The number of rotatable bonds is 9. The van der Waals surface area contributed by atoms with Crippen molar-refractivity contribution < 1.29 is 28.7 Å². The van der Waals surface area contributed by atoms with Crippen molar-refractivity contribution in [1.82, 2.24) is 26.1 Å². The molecule has 0 spiro atoms. The highest BCUT2D eigenvalue weighted by Crippen LogP contribution is 2.29. The molecule has 0 bridgehead atoms. The summed E-state index contributed by atoms with van der Waals surface area (Å²) in [5.41, 5.74) is 1.72. The molecular weight excluding hydrogens is 510 g/mol. The van der Waals surface area contributed by atoms with Gasteiger partial charge < -0.3 is 25.4 Å². The van der Waals surface area contributed by atoms with Crippen LogP contribution in [0.2, 0.25) is 0 Å². The zero-order chi connectivity index (χ0) is 28.0. The summed E-state index contributed by atoms with van der Waals surface area (Å²) in [6, 6.07) is 6.21. The molecule has 204 valence electrons. The van der Waals surface area contributed by atoms with Crippen molar-refractivity contribution in [3.05, 3.63) is 51.3 Å². The Morgan fingerprint density at radius 3 is 2.50 bits per heavy atom. The molecule has 0 radical (unpaired) electrons. The van der Waals surface area contributed by atoms with Crippen LogP contribution in [-0.2, 0) is 20.8 Å². The van der Waals surface area contributed by atoms with Gasteiger partial charge >= 0.3 is 12.1 Å². The van der Waals surface area contributed by atoms with Crippen LogP contribution >= 0.6 is 11.3 Å². The summed E-state index contributed by atoms with van der Waals surface area (Å²) >= 11 is 1.03.